The zero-order chi connectivity index (χ0) is 19.2. The van der Waals surface area contributed by atoms with Crippen LogP contribution in [-0.4, -0.2) is 45.6 Å². The minimum absolute atomic E-state index is 0.0544. The summed E-state index contributed by atoms with van der Waals surface area (Å²) in [7, 11) is 1.90. The zero-order valence-electron chi connectivity index (χ0n) is 16.9. The van der Waals surface area contributed by atoms with Gasteiger partial charge in [-0.15, -0.1) is 0 Å². The van der Waals surface area contributed by atoms with Crippen molar-refractivity contribution in [3.8, 4) is 0 Å². The molecule has 2 aliphatic rings. The molecule has 3 rings (SSSR count). The van der Waals surface area contributed by atoms with E-state index >= 15 is 0 Å². The van der Waals surface area contributed by atoms with Gasteiger partial charge in [-0.25, -0.2) is 0 Å². The molecule has 6 nitrogen and oxygen atoms in total. The van der Waals surface area contributed by atoms with Gasteiger partial charge in [0.05, 0.1) is 23.6 Å². The van der Waals surface area contributed by atoms with Crippen molar-refractivity contribution in [1.82, 2.24) is 20.0 Å². The first-order chi connectivity index (χ1) is 12.2. The van der Waals surface area contributed by atoms with Crippen molar-refractivity contribution in [3.63, 3.8) is 0 Å². The van der Waals surface area contributed by atoms with Crippen LogP contribution in [0.2, 0.25) is 0 Å². The first-order valence-electron chi connectivity index (χ1n) is 9.73. The molecule has 1 aliphatic heterocycles. The number of carbonyl (C=O) groups is 2. The van der Waals surface area contributed by atoms with Crippen LogP contribution in [0.1, 0.15) is 50.6 Å². The number of rotatable bonds is 5. The van der Waals surface area contributed by atoms with Crippen LogP contribution in [-0.2, 0) is 23.1 Å². The first-order valence-corrected chi connectivity index (χ1v) is 9.73. The Morgan fingerprint density at radius 1 is 1.27 bits per heavy atom. The lowest BCUT2D eigenvalue weighted by atomic mass is 9.91. The zero-order valence-corrected chi connectivity index (χ0v) is 16.9. The normalized spacial score (nSPS) is 24.2. The van der Waals surface area contributed by atoms with Crippen molar-refractivity contribution in [2.45, 2.75) is 59.9 Å². The molecule has 0 spiro atoms. The van der Waals surface area contributed by atoms with Gasteiger partial charge in [0.2, 0.25) is 11.8 Å². The van der Waals surface area contributed by atoms with Crippen LogP contribution in [0.15, 0.2) is 0 Å². The maximum atomic E-state index is 12.8. The molecule has 0 radical (unpaired) electrons. The van der Waals surface area contributed by atoms with E-state index in [-0.39, 0.29) is 29.2 Å². The summed E-state index contributed by atoms with van der Waals surface area (Å²) in [6.45, 7) is 11.6. The van der Waals surface area contributed by atoms with E-state index in [2.05, 4.69) is 31.2 Å². The highest BCUT2D eigenvalue weighted by Crippen LogP contribution is 2.52. The van der Waals surface area contributed by atoms with E-state index in [4.69, 9.17) is 0 Å². The van der Waals surface area contributed by atoms with Gasteiger partial charge in [0.1, 0.15) is 0 Å². The topological polar surface area (TPSA) is 67.2 Å². The number of likely N-dealkylation sites (tertiary alicyclic amines) is 1. The Hall–Kier alpha value is -1.85. The quantitative estimate of drug-likeness (QED) is 0.873. The van der Waals surface area contributed by atoms with Gasteiger partial charge < -0.3 is 10.2 Å². The third-order valence-electron chi connectivity index (χ3n) is 6.61. The second kappa shape index (κ2) is 6.71. The molecule has 1 aliphatic carbocycles. The van der Waals surface area contributed by atoms with E-state index in [1.165, 1.54) is 0 Å². The molecule has 2 heterocycles. The number of aryl methyl sites for hydroxylation is 2. The molecule has 2 amide bonds. The first kappa shape index (κ1) is 18.9. The molecule has 0 bridgehead atoms. The smallest absolute Gasteiger partial charge is 0.227 e. The van der Waals surface area contributed by atoms with E-state index in [1.54, 1.807) is 0 Å². The lowest BCUT2D eigenvalue weighted by Crippen LogP contribution is -2.45. The molecule has 1 aromatic rings. The van der Waals surface area contributed by atoms with Crippen LogP contribution in [0.3, 0.4) is 0 Å². The predicted molar refractivity (Wildman–Crippen MR) is 101 cm³/mol. The molecule has 1 N–H and O–H groups in total. The summed E-state index contributed by atoms with van der Waals surface area (Å²) < 4.78 is 1.83. The molecule has 6 heteroatoms. The highest BCUT2D eigenvalue weighted by Gasteiger charge is 2.53. The van der Waals surface area contributed by atoms with Crippen molar-refractivity contribution < 1.29 is 9.59 Å². The highest BCUT2D eigenvalue weighted by molar-refractivity contribution is 5.86. The van der Waals surface area contributed by atoms with Gasteiger partial charge >= 0.3 is 0 Å². The Labute approximate surface area is 156 Å². The van der Waals surface area contributed by atoms with E-state index in [1.807, 2.05) is 30.5 Å². The monoisotopic (exact) mass is 360 g/mol. The van der Waals surface area contributed by atoms with Crippen molar-refractivity contribution in [3.05, 3.63) is 17.0 Å². The highest BCUT2D eigenvalue weighted by atomic mass is 16.2. The molecule has 2 atom stereocenters. The van der Waals surface area contributed by atoms with Crippen LogP contribution < -0.4 is 5.32 Å². The van der Waals surface area contributed by atoms with Crippen molar-refractivity contribution in [1.29, 1.82) is 0 Å². The summed E-state index contributed by atoms with van der Waals surface area (Å²) in [5, 5.41) is 7.64. The van der Waals surface area contributed by atoms with Crippen molar-refractivity contribution in [2.24, 2.45) is 24.3 Å². The van der Waals surface area contributed by atoms with Crippen LogP contribution in [0.4, 0.5) is 0 Å². The fourth-order valence-electron chi connectivity index (χ4n) is 4.21. The number of amides is 2. The van der Waals surface area contributed by atoms with E-state index in [0.717, 1.165) is 29.8 Å². The van der Waals surface area contributed by atoms with Crippen LogP contribution in [0.25, 0.3) is 0 Å². The molecule has 1 aromatic heterocycles. The molecular formula is C20H32N4O2. The lowest BCUT2D eigenvalue weighted by molar-refractivity contribution is -0.131. The molecular weight excluding hydrogens is 328 g/mol. The van der Waals surface area contributed by atoms with Gasteiger partial charge in [-0.2, -0.15) is 5.10 Å². The molecule has 26 heavy (non-hydrogen) atoms. The van der Waals surface area contributed by atoms with Crippen LogP contribution in [0.5, 0.6) is 0 Å². The largest absolute Gasteiger partial charge is 0.351 e. The van der Waals surface area contributed by atoms with Crippen LogP contribution in [0, 0.1) is 31.1 Å². The minimum Gasteiger partial charge on any atom is -0.351 e. The summed E-state index contributed by atoms with van der Waals surface area (Å²) in [6.07, 6.45) is 2.36. The maximum Gasteiger partial charge on any atom is 0.227 e. The molecule has 1 saturated carbocycles. The number of hydrogen-bond donors (Lipinski definition) is 1. The molecule has 0 aromatic carbocycles. The standard InChI is InChI=1S/C20H32N4O2/c1-12(2)20(7-8-20)19(26)21-17-11-24(10-13(17)3)18(25)9-16-14(4)22-23(6)15(16)5/h12-13,17H,7-11H2,1-6H3,(H,21,26)/t13-,17+/m0/s1. The predicted octanol–water partition coefficient (Wildman–Crippen LogP) is 1.98. The Morgan fingerprint density at radius 2 is 1.92 bits per heavy atom. The molecule has 2 fully saturated rings. The Bertz CT molecular complexity index is 718. The fourth-order valence-corrected chi connectivity index (χ4v) is 4.21. The summed E-state index contributed by atoms with van der Waals surface area (Å²) in [6, 6.07) is 0.0544. The van der Waals surface area contributed by atoms with Crippen LogP contribution >= 0.6 is 0 Å². The number of hydrogen-bond acceptors (Lipinski definition) is 3. The Balaban J connectivity index is 1.61. The summed E-state index contributed by atoms with van der Waals surface area (Å²) in [5.74, 6) is 0.950. The SMILES string of the molecule is Cc1nn(C)c(C)c1CC(=O)N1C[C@H](C)[C@H](NC(=O)C2(C(C)C)CC2)C1. The second-order valence-electron chi connectivity index (χ2n) is 8.62. The third kappa shape index (κ3) is 3.26. The van der Waals surface area contributed by atoms with Gasteiger partial charge in [0.15, 0.2) is 0 Å². The molecule has 1 saturated heterocycles. The number of aromatic nitrogens is 2. The number of carbonyl (C=O) groups excluding carboxylic acids is 2. The summed E-state index contributed by atoms with van der Waals surface area (Å²) in [5.41, 5.74) is 2.82. The minimum atomic E-state index is -0.166. The van der Waals surface area contributed by atoms with Gasteiger partial charge in [-0.05, 0) is 38.5 Å². The summed E-state index contributed by atoms with van der Waals surface area (Å²) >= 11 is 0. The summed E-state index contributed by atoms with van der Waals surface area (Å²) in [4.78, 5) is 27.4. The average molecular weight is 361 g/mol. The number of nitrogens with zero attached hydrogens (tertiary/aromatic N) is 3. The third-order valence-corrected chi connectivity index (χ3v) is 6.61. The maximum absolute atomic E-state index is 12.8. The van der Waals surface area contributed by atoms with Gasteiger partial charge in [-0.3, -0.25) is 14.3 Å². The van der Waals surface area contributed by atoms with Gasteiger partial charge in [-0.1, -0.05) is 20.8 Å². The second-order valence-corrected chi connectivity index (χ2v) is 8.62. The average Bonchev–Trinajstić information content (AvgIpc) is 3.26. The molecule has 144 valence electrons. The number of nitrogens with one attached hydrogen (secondary N) is 1. The fraction of sp³-hybridized carbons (Fsp3) is 0.750. The molecule has 0 unspecified atom stereocenters. The Kier molecular flexibility index (Phi) is 4.88. The lowest BCUT2D eigenvalue weighted by Gasteiger charge is -2.23. The van der Waals surface area contributed by atoms with Gasteiger partial charge in [0, 0.05) is 31.4 Å². The van der Waals surface area contributed by atoms with Crippen molar-refractivity contribution in [2.75, 3.05) is 13.1 Å². The van der Waals surface area contributed by atoms with E-state index < -0.39 is 0 Å². The van der Waals surface area contributed by atoms with E-state index in [9.17, 15) is 9.59 Å². The van der Waals surface area contributed by atoms with Crippen molar-refractivity contribution >= 4 is 11.8 Å². The van der Waals surface area contributed by atoms with E-state index in [0.29, 0.717) is 25.4 Å². The van der Waals surface area contributed by atoms with Gasteiger partial charge in [0.25, 0.3) is 0 Å². The Morgan fingerprint density at radius 3 is 2.42 bits per heavy atom.